The number of nitrogens with two attached hydrogens (primary N) is 1. The first-order valence-corrected chi connectivity index (χ1v) is 22.7. The molecule has 19 heteroatoms. The van der Waals surface area contributed by atoms with Gasteiger partial charge >= 0.3 is 5.97 Å². The van der Waals surface area contributed by atoms with E-state index in [-0.39, 0.29) is 63.2 Å². The lowest BCUT2D eigenvalue weighted by molar-refractivity contribution is -0.158. The maximum atomic E-state index is 15.0. The van der Waals surface area contributed by atoms with Crippen LogP contribution in [-0.2, 0) is 55.9 Å². The highest BCUT2D eigenvalue weighted by atomic mass is 16.5. The van der Waals surface area contributed by atoms with E-state index in [1.807, 2.05) is 44.2 Å². The van der Waals surface area contributed by atoms with Gasteiger partial charge in [-0.25, -0.2) is 4.79 Å². The van der Waals surface area contributed by atoms with Gasteiger partial charge in [-0.1, -0.05) is 77.1 Å². The Kier molecular flexibility index (Phi) is 19.5. The highest BCUT2D eigenvalue weighted by Gasteiger charge is 2.43. The number of aromatic hydroxyl groups is 1. The number of rotatable bonds is 14. The molecule has 2 saturated heterocycles. The molecule has 10 atom stereocenters. The van der Waals surface area contributed by atoms with Gasteiger partial charge in [-0.05, 0) is 74.1 Å². The summed E-state index contributed by atoms with van der Waals surface area (Å²) in [4.78, 5) is 114. The zero-order valence-corrected chi connectivity index (χ0v) is 39.0. The molecule has 66 heavy (non-hydrogen) atoms. The molecule has 2 aliphatic heterocycles. The molecular formula is C47H68N8O11. The maximum Gasteiger partial charge on any atom is 0.329 e. The largest absolute Gasteiger partial charge is 0.508 e. The number of piperidine rings is 1. The van der Waals surface area contributed by atoms with Crippen LogP contribution in [0.5, 0.6) is 5.75 Å². The molecule has 0 aliphatic carbocycles. The van der Waals surface area contributed by atoms with Gasteiger partial charge in [0.2, 0.25) is 41.4 Å². The van der Waals surface area contributed by atoms with E-state index in [0.29, 0.717) is 12.0 Å². The number of phenolic OH excluding ortho intramolecular Hbond substituents is 1. The number of hydrogen-bond donors (Lipinski definition) is 8. The molecular weight excluding hydrogens is 853 g/mol. The van der Waals surface area contributed by atoms with Crippen LogP contribution in [0.25, 0.3) is 0 Å². The second kappa shape index (κ2) is 24.4. The normalized spacial score (nSPS) is 26.4. The maximum absolute atomic E-state index is 15.0. The first-order valence-electron chi connectivity index (χ1n) is 22.7. The Morgan fingerprint density at radius 3 is 2.11 bits per heavy atom. The van der Waals surface area contributed by atoms with Crippen molar-refractivity contribution in [2.24, 2.45) is 17.6 Å². The number of carbonyl (C=O) groups is 8. The van der Waals surface area contributed by atoms with Gasteiger partial charge in [-0.3, -0.25) is 38.5 Å². The van der Waals surface area contributed by atoms with Crippen LogP contribution in [0.2, 0.25) is 0 Å². The minimum Gasteiger partial charge on any atom is -0.508 e. The average Bonchev–Trinajstić information content (AvgIpc) is 3.26. The minimum atomic E-state index is -1.67. The second-order valence-corrected chi connectivity index (χ2v) is 18.0. The Bertz CT molecular complexity index is 2020. The van der Waals surface area contributed by atoms with E-state index in [0.717, 1.165) is 5.56 Å². The molecule has 2 heterocycles. The lowest BCUT2D eigenvalue weighted by Gasteiger charge is -2.43. The molecule has 9 N–H and O–H groups in total. The number of benzene rings is 2. The van der Waals surface area contributed by atoms with Gasteiger partial charge in [0, 0.05) is 38.9 Å². The van der Waals surface area contributed by atoms with Gasteiger partial charge in [0.15, 0.2) is 0 Å². The number of primary amides is 1. The van der Waals surface area contributed by atoms with E-state index in [2.05, 4.69) is 26.6 Å². The van der Waals surface area contributed by atoms with Crippen LogP contribution in [0, 0.1) is 11.8 Å². The van der Waals surface area contributed by atoms with E-state index in [9.17, 15) is 48.6 Å². The number of nitrogens with one attached hydrogen (secondary N) is 5. The Morgan fingerprint density at radius 1 is 0.864 bits per heavy atom. The van der Waals surface area contributed by atoms with Gasteiger partial charge in [0.05, 0.1) is 6.04 Å². The fourth-order valence-electron chi connectivity index (χ4n) is 8.11. The van der Waals surface area contributed by atoms with E-state index in [4.69, 9.17) is 10.5 Å². The summed E-state index contributed by atoms with van der Waals surface area (Å²) in [5.74, 6) is -6.65. The van der Waals surface area contributed by atoms with Crippen LogP contribution in [0.15, 0.2) is 54.6 Å². The summed E-state index contributed by atoms with van der Waals surface area (Å²) in [6, 6.07) is 6.82. The lowest BCUT2D eigenvalue weighted by Crippen LogP contribution is -2.63. The Morgan fingerprint density at radius 2 is 1.50 bits per heavy atom. The predicted octanol–water partition coefficient (Wildman–Crippen LogP) is 0.534. The first-order chi connectivity index (χ1) is 31.2. The number of esters is 1. The molecule has 0 saturated carbocycles. The first kappa shape index (κ1) is 52.5. The molecule has 2 aromatic carbocycles. The van der Waals surface area contributed by atoms with Gasteiger partial charge in [-0.15, -0.1) is 0 Å². The summed E-state index contributed by atoms with van der Waals surface area (Å²) in [7, 11) is 1.47. The van der Waals surface area contributed by atoms with E-state index in [1.54, 1.807) is 37.8 Å². The molecule has 0 aromatic heterocycles. The number of fused-ring (bicyclic) bond motifs is 2. The molecule has 4 rings (SSSR count). The molecule has 0 radical (unpaired) electrons. The third-order valence-corrected chi connectivity index (χ3v) is 11.9. The summed E-state index contributed by atoms with van der Waals surface area (Å²) < 4.78 is 5.88. The third kappa shape index (κ3) is 15.0. The Labute approximate surface area is 386 Å². The van der Waals surface area contributed by atoms with Crippen molar-refractivity contribution < 1.29 is 53.3 Å². The minimum absolute atomic E-state index is 0.00225. The van der Waals surface area contributed by atoms with Gasteiger partial charge in [0.1, 0.15) is 48.3 Å². The fraction of sp³-hybridized carbons (Fsp3) is 0.574. The van der Waals surface area contributed by atoms with E-state index >= 15 is 0 Å². The van der Waals surface area contributed by atoms with Crippen molar-refractivity contribution in [3.8, 4) is 5.75 Å². The third-order valence-electron chi connectivity index (χ3n) is 11.9. The number of aliphatic hydroxyl groups excluding tert-OH is 1. The molecule has 362 valence electrons. The SMILES string of the molecule is CCC(=O)N[C@@H](CCC(N)=O)C(=O)N[C@@H]1C(=O)N[C@@H](CC(C)C)C(=O)N[C@H]2CC[C@@H](O)N(C2)[C@@H](Cc2ccccc2)C(=O)N(C)[C@@H](Cc2ccc(O)cc2)C(=O)NC(C(C)C)C(=O)O[C@@H]1C. The number of cyclic esters (lactones) is 1. The smallest absolute Gasteiger partial charge is 0.329 e. The van der Waals surface area contributed by atoms with E-state index in [1.165, 1.54) is 31.0 Å². The number of carbonyl (C=O) groups excluding carboxylic acids is 8. The van der Waals surface area contributed by atoms with Crippen LogP contribution in [0.4, 0.5) is 0 Å². The van der Waals surface area contributed by atoms with Crippen LogP contribution in [0.1, 0.15) is 91.2 Å². The highest BCUT2D eigenvalue weighted by Crippen LogP contribution is 2.25. The molecule has 2 aliphatic rings. The molecule has 19 nitrogen and oxygen atoms in total. The number of aliphatic hydroxyl groups is 1. The summed E-state index contributed by atoms with van der Waals surface area (Å²) >= 11 is 0. The Hall–Kier alpha value is -6.08. The zero-order valence-electron chi connectivity index (χ0n) is 39.0. The van der Waals surface area contributed by atoms with Crippen molar-refractivity contribution in [1.82, 2.24) is 36.4 Å². The van der Waals surface area contributed by atoms with Gasteiger partial charge in [-0.2, -0.15) is 0 Å². The standard InChI is InChI=1S/C47H68N8O11/c1-8-38(58)50-33(19-20-37(48)57)42(60)53-41-28(6)66-47(65)40(27(4)5)52-44(62)35(23-30-14-17-32(56)18-15-30)54(7)46(64)36(24-29-12-10-9-11-13-29)55-25-31(16-21-39(55)59)49-43(61)34(22-26(2)3)51-45(41)63/h9-15,17-18,26-28,31,33-36,39-41,56,59H,8,16,19-25H2,1-7H3,(H2,48,57)(H,49,61)(H,50,58)(H,51,63)(H,52,62)(H,53,60)/t28-,31+,33+,34+,35+,36+,39-,40?,41+/m1/s1. The molecule has 2 bridgehead atoms. The van der Waals surface area contributed by atoms with Crippen LogP contribution < -0.4 is 32.3 Å². The van der Waals surface area contributed by atoms with Crippen LogP contribution in [-0.4, -0.2) is 136 Å². The summed E-state index contributed by atoms with van der Waals surface area (Å²) in [6.45, 7) is 9.93. The Balaban J connectivity index is 1.85. The van der Waals surface area contributed by atoms with E-state index < -0.39 is 108 Å². The monoisotopic (exact) mass is 921 g/mol. The van der Waals surface area contributed by atoms with Crippen molar-refractivity contribution >= 4 is 47.3 Å². The van der Waals surface area contributed by atoms with Gasteiger partial charge < -0.3 is 52.2 Å². The fourth-order valence-corrected chi connectivity index (χ4v) is 8.11. The topological polar surface area (TPSA) is 279 Å². The number of likely N-dealkylation sites (N-methyl/N-ethyl adjacent to an activating group) is 1. The molecule has 2 unspecified atom stereocenters. The second-order valence-electron chi connectivity index (χ2n) is 18.0. The summed E-state index contributed by atoms with van der Waals surface area (Å²) in [6.07, 6.45) is -2.37. The molecule has 0 spiro atoms. The quantitative estimate of drug-likeness (QED) is 0.121. The number of hydrogen-bond acceptors (Lipinski definition) is 12. The van der Waals surface area contributed by atoms with Crippen molar-refractivity contribution in [3.63, 3.8) is 0 Å². The van der Waals surface area contributed by atoms with Crippen LogP contribution >= 0.6 is 0 Å². The van der Waals surface area contributed by atoms with Gasteiger partial charge in [0.25, 0.3) is 0 Å². The van der Waals surface area contributed by atoms with Crippen molar-refractivity contribution in [2.45, 2.75) is 148 Å². The predicted molar refractivity (Wildman–Crippen MR) is 242 cm³/mol. The molecule has 7 amide bonds. The van der Waals surface area contributed by atoms with Crippen molar-refractivity contribution in [3.05, 3.63) is 65.7 Å². The summed E-state index contributed by atoms with van der Waals surface area (Å²) in [5.41, 5.74) is 6.71. The molecule has 2 aromatic rings. The van der Waals surface area contributed by atoms with Crippen molar-refractivity contribution in [1.29, 1.82) is 0 Å². The number of nitrogens with zero attached hydrogens (tertiary/aromatic N) is 2. The number of amides is 7. The number of ether oxygens (including phenoxy) is 1. The van der Waals surface area contributed by atoms with Crippen molar-refractivity contribution in [2.75, 3.05) is 13.6 Å². The zero-order chi connectivity index (χ0) is 48.8. The lowest BCUT2D eigenvalue weighted by atomic mass is 9.95. The molecule has 2 fully saturated rings. The highest BCUT2D eigenvalue weighted by molar-refractivity contribution is 5.96. The van der Waals surface area contributed by atoms with Crippen LogP contribution in [0.3, 0.4) is 0 Å². The average molecular weight is 921 g/mol. The number of phenols is 1. The summed E-state index contributed by atoms with van der Waals surface area (Å²) in [5, 5.41) is 35.2.